The number of esters is 1. The molecule has 138 valence electrons. The fourth-order valence-electron chi connectivity index (χ4n) is 2.57. The number of carbonyl (C=O) groups excluding carboxylic acids is 2. The molecule has 2 aromatic rings. The number of rotatable bonds is 8. The first-order valence-electron chi connectivity index (χ1n) is 8.70. The maximum absolute atomic E-state index is 12.2. The topological polar surface area (TPSA) is 64.6 Å². The number of nitrogens with one attached hydrogen (secondary N) is 1. The third kappa shape index (κ3) is 6.24. The van der Waals surface area contributed by atoms with Crippen LogP contribution in [0.15, 0.2) is 48.5 Å². The van der Waals surface area contributed by atoms with E-state index in [0.717, 1.165) is 16.7 Å². The maximum atomic E-state index is 12.2. The average molecular weight is 355 g/mol. The molecule has 1 unspecified atom stereocenters. The van der Waals surface area contributed by atoms with Gasteiger partial charge in [0.05, 0.1) is 0 Å². The van der Waals surface area contributed by atoms with Crippen molar-refractivity contribution in [3.05, 3.63) is 65.2 Å². The molecule has 0 saturated heterocycles. The van der Waals surface area contributed by atoms with Gasteiger partial charge < -0.3 is 14.8 Å². The predicted octanol–water partition coefficient (Wildman–Crippen LogP) is 3.32. The van der Waals surface area contributed by atoms with Crippen LogP contribution in [0, 0.1) is 13.8 Å². The molecular weight excluding hydrogens is 330 g/mol. The molecule has 1 atom stereocenters. The van der Waals surface area contributed by atoms with E-state index in [-0.39, 0.29) is 12.5 Å². The van der Waals surface area contributed by atoms with Crippen molar-refractivity contribution in [1.82, 2.24) is 5.32 Å². The largest absolute Gasteiger partial charge is 0.482 e. The Hall–Kier alpha value is -2.82. The molecule has 0 heterocycles. The van der Waals surface area contributed by atoms with Gasteiger partial charge in [-0.3, -0.25) is 4.79 Å². The van der Waals surface area contributed by atoms with Gasteiger partial charge in [0.1, 0.15) is 5.75 Å². The molecule has 0 aromatic heterocycles. The number of ether oxygens (including phenoxy) is 2. The minimum atomic E-state index is -0.825. The van der Waals surface area contributed by atoms with Crippen LogP contribution >= 0.6 is 0 Å². The first-order valence-corrected chi connectivity index (χ1v) is 8.70. The van der Waals surface area contributed by atoms with E-state index in [1.165, 1.54) is 0 Å². The fourth-order valence-corrected chi connectivity index (χ4v) is 2.57. The molecule has 1 amide bonds. The van der Waals surface area contributed by atoms with Crippen LogP contribution in [-0.2, 0) is 20.9 Å². The van der Waals surface area contributed by atoms with Crippen molar-refractivity contribution < 1.29 is 19.1 Å². The first-order chi connectivity index (χ1) is 12.5. The summed E-state index contributed by atoms with van der Waals surface area (Å²) in [6.07, 6.45) is -0.426. The van der Waals surface area contributed by atoms with E-state index in [0.29, 0.717) is 18.7 Å². The van der Waals surface area contributed by atoms with Crippen molar-refractivity contribution >= 4 is 11.9 Å². The summed E-state index contributed by atoms with van der Waals surface area (Å²) in [5.41, 5.74) is 3.10. The molecule has 26 heavy (non-hydrogen) atoms. The highest BCUT2D eigenvalue weighted by Gasteiger charge is 2.21. The Morgan fingerprint density at radius 1 is 1.04 bits per heavy atom. The van der Waals surface area contributed by atoms with Crippen molar-refractivity contribution in [2.75, 3.05) is 6.61 Å². The first kappa shape index (κ1) is 19.5. The quantitative estimate of drug-likeness (QED) is 0.738. The van der Waals surface area contributed by atoms with Crippen molar-refractivity contribution in [2.45, 2.75) is 39.8 Å². The van der Waals surface area contributed by atoms with Crippen LogP contribution in [0.1, 0.15) is 30.0 Å². The zero-order valence-corrected chi connectivity index (χ0v) is 15.5. The minimum Gasteiger partial charge on any atom is -0.482 e. The van der Waals surface area contributed by atoms with Gasteiger partial charge in [0, 0.05) is 6.54 Å². The molecule has 5 heteroatoms. The molecule has 0 aliphatic heterocycles. The molecule has 2 rings (SSSR count). The van der Waals surface area contributed by atoms with Crippen LogP contribution in [0.2, 0.25) is 0 Å². The Kier molecular flexibility index (Phi) is 7.21. The van der Waals surface area contributed by atoms with E-state index in [2.05, 4.69) is 5.32 Å². The average Bonchev–Trinajstić information content (AvgIpc) is 2.62. The SMILES string of the molecule is CCC(OC(=O)COc1cc(C)cc(C)c1)C(=O)NCc1ccccc1. The summed E-state index contributed by atoms with van der Waals surface area (Å²) in [4.78, 5) is 24.2. The van der Waals surface area contributed by atoms with Gasteiger partial charge in [-0.15, -0.1) is 0 Å². The van der Waals surface area contributed by atoms with Gasteiger partial charge in [0.2, 0.25) is 0 Å². The van der Waals surface area contributed by atoms with Crippen molar-refractivity contribution in [3.8, 4) is 5.75 Å². The molecule has 0 bridgehead atoms. The smallest absolute Gasteiger partial charge is 0.344 e. The van der Waals surface area contributed by atoms with Gasteiger partial charge >= 0.3 is 5.97 Å². The van der Waals surface area contributed by atoms with Gasteiger partial charge in [-0.25, -0.2) is 4.79 Å². The Morgan fingerprint density at radius 2 is 1.69 bits per heavy atom. The zero-order chi connectivity index (χ0) is 18.9. The predicted molar refractivity (Wildman–Crippen MR) is 99.9 cm³/mol. The highest BCUT2D eigenvalue weighted by atomic mass is 16.6. The lowest BCUT2D eigenvalue weighted by Gasteiger charge is -2.16. The molecular formula is C21H25NO4. The van der Waals surface area contributed by atoms with Crippen LogP contribution in [0.25, 0.3) is 0 Å². The summed E-state index contributed by atoms with van der Waals surface area (Å²) < 4.78 is 10.7. The lowest BCUT2D eigenvalue weighted by molar-refractivity contribution is -0.158. The third-order valence-electron chi connectivity index (χ3n) is 3.80. The van der Waals surface area contributed by atoms with Crippen LogP contribution in [-0.4, -0.2) is 24.6 Å². The molecule has 2 aromatic carbocycles. The Bertz CT molecular complexity index is 723. The number of amides is 1. The second-order valence-electron chi connectivity index (χ2n) is 6.20. The van der Waals surface area contributed by atoms with Crippen LogP contribution < -0.4 is 10.1 Å². The van der Waals surface area contributed by atoms with Crippen molar-refractivity contribution in [2.24, 2.45) is 0 Å². The highest BCUT2D eigenvalue weighted by molar-refractivity contribution is 5.84. The summed E-state index contributed by atoms with van der Waals surface area (Å²) in [5, 5.41) is 2.79. The molecule has 0 aliphatic rings. The monoisotopic (exact) mass is 355 g/mol. The van der Waals surface area contributed by atoms with Crippen LogP contribution in [0.5, 0.6) is 5.75 Å². The molecule has 0 radical (unpaired) electrons. The number of hydrogen-bond donors (Lipinski definition) is 1. The van der Waals surface area contributed by atoms with Gasteiger partial charge in [-0.05, 0) is 49.1 Å². The lowest BCUT2D eigenvalue weighted by Crippen LogP contribution is -2.38. The van der Waals surface area contributed by atoms with E-state index in [4.69, 9.17) is 9.47 Å². The van der Waals surface area contributed by atoms with E-state index >= 15 is 0 Å². The second kappa shape index (κ2) is 9.61. The van der Waals surface area contributed by atoms with Gasteiger partial charge in [0.25, 0.3) is 5.91 Å². The van der Waals surface area contributed by atoms with Crippen LogP contribution in [0.4, 0.5) is 0 Å². The number of aryl methyl sites for hydroxylation is 2. The molecule has 0 spiro atoms. The fraction of sp³-hybridized carbons (Fsp3) is 0.333. The number of carbonyl (C=O) groups is 2. The van der Waals surface area contributed by atoms with Gasteiger partial charge in [0.15, 0.2) is 12.7 Å². The zero-order valence-electron chi connectivity index (χ0n) is 15.5. The van der Waals surface area contributed by atoms with E-state index in [1.807, 2.05) is 62.4 Å². The number of benzene rings is 2. The Morgan fingerprint density at radius 3 is 2.31 bits per heavy atom. The second-order valence-corrected chi connectivity index (χ2v) is 6.20. The summed E-state index contributed by atoms with van der Waals surface area (Å²) in [5.74, 6) is -0.261. The van der Waals surface area contributed by atoms with E-state index < -0.39 is 12.1 Å². The minimum absolute atomic E-state index is 0.231. The van der Waals surface area contributed by atoms with E-state index in [1.54, 1.807) is 6.92 Å². The third-order valence-corrected chi connectivity index (χ3v) is 3.80. The van der Waals surface area contributed by atoms with Crippen molar-refractivity contribution in [1.29, 1.82) is 0 Å². The Labute approximate surface area is 154 Å². The molecule has 0 aliphatic carbocycles. The summed E-state index contributed by atoms with van der Waals surface area (Å²) in [7, 11) is 0. The number of hydrogen-bond acceptors (Lipinski definition) is 4. The summed E-state index contributed by atoms with van der Waals surface area (Å²) in [6.45, 7) is 5.88. The van der Waals surface area contributed by atoms with E-state index in [9.17, 15) is 9.59 Å². The lowest BCUT2D eigenvalue weighted by atomic mass is 10.1. The molecule has 0 fully saturated rings. The standard InChI is InChI=1S/C21H25NO4/c1-4-19(21(24)22-13-17-8-6-5-7-9-17)26-20(23)14-25-18-11-15(2)10-16(3)12-18/h5-12,19H,4,13-14H2,1-3H3,(H,22,24). The molecule has 0 saturated carbocycles. The van der Waals surface area contributed by atoms with Gasteiger partial charge in [-0.2, -0.15) is 0 Å². The molecule has 1 N–H and O–H groups in total. The summed E-state index contributed by atoms with van der Waals surface area (Å²) in [6, 6.07) is 15.3. The van der Waals surface area contributed by atoms with Crippen LogP contribution in [0.3, 0.4) is 0 Å². The highest BCUT2D eigenvalue weighted by Crippen LogP contribution is 2.16. The van der Waals surface area contributed by atoms with Gasteiger partial charge in [-0.1, -0.05) is 43.3 Å². The Balaban J connectivity index is 1.82. The summed E-state index contributed by atoms with van der Waals surface area (Å²) >= 11 is 0. The normalized spacial score (nSPS) is 11.5. The van der Waals surface area contributed by atoms with Crippen molar-refractivity contribution in [3.63, 3.8) is 0 Å². The maximum Gasteiger partial charge on any atom is 0.344 e. The molecule has 5 nitrogen and oxygen atoms in total.